The Morgan fingerprint density at radius 3 is 2.19 bits per heavy atom. The molecule has 4 nitrogen and oxygen atoms in total. The highest BCUT2D eigenvalue weighted by atomic mass is 16.6. The normalized spacial score (nSPS) is 18.5. The summed E-state index contributed by atoms with van der Waals surface area (Å²) in [7, 11) is 0. The van der Waals surface area contributed by atoms with Crippen LogP contribution in [0.15, 0.2) is 0 Å². The number of alkyl carbamates (subject to hydrolysis) is 1. The van der Waals surface area contributed by atoms with Crippen LogP contribution in [0.3, 0.4) is 0 Å². The second-order valence-corrected chi connectivity index (χ2v) is 5.43. The molecular formula is C12H21NO3. The Labute approximate surface area is 96.7 Å². The molecule has 1 aliphatic carbocycles. The van der Waals surface area contributed by atoms with E-state index in [2.05, 4.69) is 5.32 Å². The van der Waals surface area contributed by atoms with Crippen molar-refractivity contribution in [3.8, 4) is 0 Å². The minimum Gasteiger partial charge on any atom is -0.444 e. The topological polar surface area (TPSA) is 55.4 Å². The first-order valence-electron chi connectivity index (χ1n) is 5.79. The predicted octanol–water partition coefficient (Wildman–Crippen LogP) is 2.27. The Bertz CT molecular complexity index is 276. The summed E-state index contributed by atoms with van der Waals surface area (Å²) in [6, 6.07) is -0.372. The van der Waals surface area contributed by atoms with Crippen LogP contribution >= 0.6 is 0 Å². The van der Waals surface area contributed by atoms with E-state index in [-0.39, 0.29) is 11.8 Å². The van der Waals surface area contributed by atoms with Gasteiger partial charge in [-0.15, -0.1) is 0 Å². The van der Waals surface area contributed by atoms with Gasteiger partial charge in [0.05, 0.1) is 6.04 Å². The summed E-state index contributed by atoms with van der Waals surface area (Å²) in [5.74, 6) is 0.306. The van der Waals surface area contributed by atoms with E-state index in [0.717, 1.165) is 19.3 Å². The molecule has 0 aromatic carbocycles. The van der Waals surface area contributed by atoms with Crippen LogP contribution in [0.2, 0.25) is 0 Å². The van der Waals surface area contributed by atoms with E-state index in [1.807, 2.05) is 0 Å². The summed E-state index contributed by atoms with van der Waals surface area (Å²) < 4.78 is 5.13. The predicted molar refractivity (Wildman–Crippen MR) is 61.2 cm³/mol. The highest BCUT2D eigenvalue weighted by Gasteiger charge is 2.32. The zero-order valence-corrected chi connectivity index (χ0v) is 10.5. The molecule has 1 rings (SSSR count). The zero-order chi connectivity index (χ0) is 12.3. The third-order valence-corrected chi connectivity index (χ3v) is 2.73. The highest BCUT2D eigenvalue weighted by Crippen LogP contribution is 2.30. The lowest BCUT2D eigenvalue weighted by atomic mass is 9.78. The van der Waals surface area contributed by atoms with Gasteiger partial charge in [-0.05, 0) is 46.5 Å². The summed E-state index contributed by atoms with van der Waals surface area (Å²) >= 11 is 0. The van der Waals surface area contributed by atoms with E-state index < -0.39 is 11.7 Å². The number of carbonyl (C=O) groups excluding carboxylic acids is 2. The first kappa shape index (κ1) is 13.0. The van der Waals surface area contributed by atoms with Crippen LogP contribution in [0.4, 0.5) is 4.79 Å². The third kappa shape index (κ3) is 3.83. The number of rotatable bonds is 3. The average molecular weight is 227 g/mol. The van der Waals surface area contributed by atoms with Crippen molar-refractivity contribution < 1.29 is 14.3 Å². The third-order valence-electron chi connectivity index (χ3n) is 2.73. The summed E-state index contributed by atoms with van der Waals surface area (Å²) in [6.45, 7) is 6.93. The molecule has 1 amide bonds. The van der Waals surface area contributed by atoms with Crippen LogP contribution < -0.4 is 5.32 Å². The van der Waals surface area contributed by atoms with E-state index in [9.17, 15) is 9.59 Å². The number of hydrogen-bond donors (Lipinski definition) is 1. The molecular weight excluding hydrogens is 206 g/mol. The lowest BCUT2D eigenvalue weighted by molar-refractivity contribution is -0.121. The number of carbonyl (C=O) groups is 2. The van der Waals surface area contributed by atoms with Crippen molar-refractivity contribution in [2.24, 2.45) is 5.92 Å². The van der Waals surface area contributed by atoms with Crippen molar-refractivity contribution in [1.82, 2.24) is 5.32 Å². The second-order valence-electron chi connectivity index (χ2n) is 5.43. The van der Waals surface area contributed by atoms with Crippen molar-refractivity contribution in [3.05, 3.63) is 0 Å². The Hall–Kier alpha value is -1.06. The van der Waals surface area contributed by atoms with Gasteiger partial charge in [0.2, 0.25) is 0 Å². The Morgan fingerprint density at radius 2 is 1.88 bits per heavy atom. The molecule has 0 aromatic rings. The number of ether oxygens (including phenoxy) is 1. The van der Waals surface area contributed by atoms with Crippen molar-refractivity contribution in [2.75, 3.05) is 0 Å². The van der Waals surface area contributed by atoms with Gasteiger partial charge in [0.25, 0.3) is 0 Å². The zero-order valence-electron chi connectivity index (χ0n) is 10.5. The lowest BCUT2D eigenvalue weighted by Gasteiger charge is -2.33. The van der Waals surface area contributed by atoms with Crippen LogP contribution in [0.1, 0.15) is 47.0 Å². The number of hydrogen-bond acceptors (Lipinski definition) is 3. The van der Waals surface area contributed by atoms with Gasteiger partial charge in [-0.25, -0.2) is 4.79 Å². The molecule has 0 aliphatic heterocycles. The van der Waals surface area contributed by atoms with Crippen molar-refractivity contribution in [3.63, 3.8) is 0 Å². The van der Waals surface area contributed by atoms with Crippen LogP contribution in [0.25, 0.3) is 0 Å². The maximum atomic E-state index is 11.5. The molecule has 1 saturated carbocycles. The summed E-state index contributed by atoms with van der Waals surface area (Å²) in [6.07, 6.45) is 2.67. The van der Waals surface area contributed by atoms with Crippen molar-refractivity contribution in [2.45, 2.75) is 58.6 Å². The van der Waals surface area contributed by atoms with Gasteiger partial charge in [-0.3, -0.25) is 4.79 Å². The Balaban J connectivity index is 2.48. The van der Waals surface area contributed by atoms with E-state index in [1.165, 1.54) is 6.92 Å². The summed E-state index contributed by atoms with van der Waals surface area (Å²) in [5.41, 5.74) is -0.523. The van der Waals surface area contributed by atoms with Crippen LogP contribution in [0.5, 0.6) is 0 Å². The van der Waals surface area contributed by atoms with Gasteiger partial charge in [0.1, 0.15) is 5.60 Å². The van der Waals surface area contributed by atoms with Gasteiger partial charge in [-0.1, -0.05) is 6.42 Å². The van der Waals surface area contributed by atoms with Gasteiger partial charge in [-0.2, -0.15) is 0 Å². The number of nitrogens with one attached hydrogen (secondary N) is 1. The Kier molecular flexibility index (Phi) is 3.94. The molecule has 1 atom stereocenters. The fraction of sp³-hybridized carbons (Fsp3) is 0.833. The van der Waals surface area contributed by atoms with E-state index in [4.69, 9.17) is 4.74 Å². The van der Waals surface area contributed by atoms with Gasteiger partial charge in [0, 0.05) is 0 Å². The highest BCUT2D eigenvalue weighted by molar-refractivity contribution is 5.85. The molecule has 0 heterocycles. The number of ketones is 1. The SMILES string of the molecule is CC(=O)C(NC(=O)OC(C)(C)C)C1CCC1. The first-order chi connectivity index (χ1) is 7.29. The monoisotopic (exact) mass is 227 g/mol. The second kappa shape index (κ2) is 4.85. The minimum absolute atomic E-state index is 0.00978. The van der Waals surface area contributed by atoms with E-state index >= 15 is 0 Å². The fourth-order valence-corrected chi connectivity index (χ4v) is 1.76. The van der Waals surface area contributed by atoms with E-state index in [0.29, 0.717) is 5.92 Å². The molecule has 16 heavy (non-hydrogen) atoms. The van der Waals surface area contributed by atoms with Crippen LogP contribution in [-0.4, -0.2) is 23.5 Å². The summed E-state index contributed by atoms with van der Waals surface area (Å²) in [4.78, 5) is 22.9. The van der Waals surface area contributed by atoms with Crippen molar-refractivity contribution in [1.29, 1.82) is 0 Å². The molecule has 0 spiro atoms. The average Bonchev–Trinajstić information content (AvgIpc) is 1.95. The fourth-order valence-electron chi connectivity index (χ4n) is 1.76. The lowest BCUT2D eigenvalue weighted by Crippen LogP contribution is -2.48. The molecule has 1 aliphatic rings. The molecule has 1 fully saturated rings. The maximum absolute atomic E-state index is 11.5. The molecule has 0 bridgehead atoms. The molecule has 1 unspecified atom stereocenters. The quantitative estimate of drug-likeness (QED) is 0.804. The van der Waals surface area contributed by atoms with Gasteiger partial charge >= 0.3 is 6.09 Å². The smallest absolute Gasteiger partial charge is 0.408 e. The molecule has 4 heteroatoms. The van der Waals surface area contributed by atoms with E-state index in [1.54, 1.807) is 20.8 Å². The molecule has 0 saturated heterocycles. The van der Waals surface area contributed by atoms with Crippen molar-refractivity contribution >= 4 is 11.9 Å². The molecule has 0 aromatic heterocycles. The number of amides is 1. The van der Waals surface area contributed by atoms with Crippen LogP contribution in [0, 0.1) is 5.92 Å². The first-order valence-corrected chi connectivity index (χ1v) is 5.79. The molecule has 92 valence electrons. The largest absolute Gasteiger partial charge is 0.444 e. The van der Waals surface area contributed by atoms with Gasteiger partial charge < -0.3 is 10.1 Å². The number of Topliss-reactive ketones (excluding diaryl/α,β-unsaturated/α-hetero) is 1. The maximum Gasteiger partial charge on any atom is 0.408 e. The van der Waals surface area contributed by atoms with Crippen LogP contribution in [-0.2, 0) is 9.53 Å². The van der Waals surface area contributed by atoms with Gasteiger partial charge in [0.15, 0.2) is 5.78 Å². The standard InChI is InChI=1S/C12H21NO3/c1-8(14)10(9-6-5-7-9)13-11(15)16-12(2,3)4/h9-10H,5-7H2,1-4H3,(H,13,15). The summed E-state index contributed by atoms with van der Waals surface area (Å²) in [5, 5.41) is 2.66. The minimum atomic E-state index is -0.523. The Morgan fingerprint density at radius 1 is 1.31 bits per heavy atom. The molecule has 1 N–H and O–H groups in total. The molecule has 0 radical (unpaired) electrons.